The smallest absolute Gasteiger partial charge is 0.416 e. The standard InChI is InChI=1S/C29H23F5N2O4.Na/c1-16-19(14-20-21(29(32,33)34)11-7-12-22(20)30)27(37)36(15-23(35-39)17-8-4-3-5-9-17)28(38)25(16)18-10-6-13-24(40-2)26(18)31;/h3-13,19,39H,14-15H2,1-2H3;. The maximum absolute atomic E-state index is 15.4. The monoisotopic (exact) mass is 581 g/mol. The molecule has 1 N–H and O–H groups in total. The molecule has 0 bridgehead atoms. The minimum Gasteiger partial charge on any atom is -0.494 e. The van der Waals surface area contributed by atoms with E-state index in [1.54, 1.807) is 30.3 Å². The van der Waals surface area contributed by atoms with Crippen molar-refractivity contribution in [2.45, 2.75) is 19.5 Å². The summed E-state index contributed by atoms with van der Waals surface area (Å²) in [4.78, 5) is 28.1. The largest absolute Gasteiger partial charge is 0.494 e. The molecule has 3 aromatic rings. The van der Waals surface area contributed by atoms with E-state index in [9.17, 15) is 32.4 Å². The first kappa shape index (κ1) is 32.0. The topological polar surface area (TPSA) is 79.2 Å². The van der Waals surface area contributed by atoms with Gasteiger partial charge in [-0.05, 0) is 37.1 Å². The first-order valence-corrected chi connectivity index (χ1v) is 12.0. The Kier molecular flexibility index (Phi) is 10.1. The Balaban J connectivity index is 0.00000462. The maximum atomic E-state index is 15.4. The Morgan fingerprint density at radius 1 is 1.00 bits per heavy atom. The summed E-state index contributed by atoms with van der Waals surface area (Å²) in [6.07, 6.45) is -5.68. The number of halogens is 5. The van der Waals surface area contributed by atoms with Gasteiger partial charge >= 0.3 is 6.18 Å². The van der Waals surface area contributed by atoms with Crippen molar-refractivity contribution in [1.29, 1.82) is 0 Å². The number of imide groups is 1. The molecular formula is C29H23F5N2NaO4. The zero-order valence-corrected chi connectivity index (χ0v) is 24.3. The number of benzene rings is 3. The molecule has 1 aliphatic rings. The van der Waals surface area contributed by atoms with E-state index in [1.165, 1.54) is 32.2 Å². The molecule has 1 aliphatic heterocycles. The molecule has 1 heterocycles. The molecule has 0 fully saturated rings. The van der Waals surface area contributed by atoms with Crippen LogP contribution in [-0.4, -0.2) is 70.8 Å². The average Bonchev–Trinajstić information content (AvgIpc) is 2.92. The van der Waals surface area contributed by atoms with Gasteiger partial charge < -0.3 is 9.94 Å². The molecule has 12 heteroatoms. The van der Waals surface area contributed by atoms with E-state index < -0.39 is 59.6 Å². The van der Waals surface area contributed by atoms with Crippen LogP contribution in [0.5, 0.6) is 5.75 Å². The van der Waals surface area contributed by atoms with Gasteiger partial charge in [0, 0.05) is 46.2 Å². The Hall–Kier alpha value is -3.54. The number of amides is 2. The van der Waals surface area contributed by atoms with Crippen LogP contribution in [-0.2, 0) is 22.2 Å². The van der Waals surface area contributed by atoms with E-state index in [1.807, 2.05) is 0 Å². The van der Waals surface area contributed by atoms with Gasteiger partial charge in [-0.15, -0.1) is 0 Å². The molecule has 2 amide bonds. The van der Waals surface area contributed by atoms with Gasteiger partial charge in [0.25, 0.3) is 5.91 Å². The molecule has 209 valence electrons. The van der Waals surface area contributed by atoms with Gasteiger partial charge in [0.05, 0.1) is 30.7 Å². The van der Waals surface area contributed by atoms with Crippen LogP contribution in [0.25, 0.3) is 5.57 Å². The molecule has 3 aromatic carbocycles. The van der Waals surface area contributed by atoms with Crippen molar-refractivity contribution >= 4 is 52.7 Å². The van der Waals surface area contributed by atoms with E-state index in [0.717, 1.165) is 12.1 Å². The van der Waals surface area contributed by atoms with E-state index >= 15 is 4.39 Å². The molecular weight excluding hydrogens is 558 g/mol. The first-order valence-electron chi connectivity index (χ1n) is 12.0. The van der Waals surface area contributed by atoms with Crippen LogP contribution in [0.1, 0.15) is 29.2 Å². The van der Waals surface area contributed by atoms with E-state index in [0.29, 0.717) is 16.5 Å². The summed E-state index contributed by atoms with van der Waals surface area (Å²) in [5.74, 6) is -5.72. The number of ether oxygens (including phenoxy) is 1. The zero-order chi connectivity index (χ0) is 29.2. The number of carbonyl (C=O) groups excluding carboxylic acids is 2. The van der Waals surface area contributed by atoms with Crippen molar-refractivity contribution in [3.8, 4) is 5.75 Å². The van der Waals surface area contributed by atoms with Crippen molar-refractivity contribution in [3.05, 3.63) is 106 Å². The van der Waals surface area contributed by atoms with Crippen molar-refractivity contribution < 1.29 is 41.5 Å². The van der Waals surface area contributed by atoms with Gasteiger partial charge in [0.1, 0.15) is 11.5 Å². The Morgan fingerprint density at radius 2 is 1.66 bits per heavy atom. The predicted octanol–water partition coefficient (Wildman–Crippen LogP) is 5.49. The van der Waals surface area contributed by atoms with Crippen LogP contribution in [0.3, 0.4) is 0 Å². The molecule has 0 aliphatic carbocycles. The third-order valence-electron chi connectivity index (χ3n) is 6.76. The Morgan fingerprint density at radius 3 is 2.27 bits per heavy atom. The fraction of sp³-hybridized carbons (Fsp3) is 0.207. The molecule has 6 nitrogen and oxygen atoms in total. The summed E-state index contributed by atoms with van der Waals surface area (Å²) in [6.45, 7) is 0.735. The number of hydrogen-bond acceptors (Lipinski definition) is 5. The Bertz CT molecular complexity index is 1520. The number of nitrogens with zero attached hydrogens (tertiary/aromatic N) is 2. The summed E-state index contributed by atoms with van der Waals surface area (Å²) in [5, 5.41) is 12.9. The molecule has 0 saturated carbocycles. The first-order chi connectivity index (χ1) is 19.0. The van der Waals surface area contributed by atoms with Crippen LogP contribution in [0.2, 0.25) is 0 Å². The van der Waals surface area contributed by atoms with E-state index in [-0.39, 0.29) is 57.7 Å². The summed E-state index contributed by atoms with van der Waals surface area (Å²) < 4.78 is 76.5. The fourth-order valence-corrected chi connectivity index (χ4v) is 4.73. The molecule has 0 aromatic heterocycles. The second-order valence-electron chi connectivity index (χ2n) is 9.04. The molecule has 1 radical (unpaired) electrons. The van der Waals surface area contributed by atoms with Crippen molar-refractivity contribution in [3.63, 3.8) is 0 Å². The maximum Gasteiger partial charge on any atom is 0.416 e. The zero-order valence-electron chi connectivity index (χ0n) is 22.3. The predicted molar refractivity (Wildman–Crippen MR) is 141 cm³/mol. The number of carbonyl (C=O) groups is 2. The number of alkyl halides is 3. The fourth-order valence-electron chi connectivity index (χ4n) is 4.73. The molecule has 0 saturated heterocycles. The number of oxime groups is 1. The van der Waals surface area contributed by atoms with Gasteiger partial charge in [-0.25, -0.2) is 8.78 Å². The molecule has 1 unspecified atom stereocenters. The van der Waals surface area contributed by atoms with Crippen LogP contribution in [0.4, 0.5) is 22.0 Å². The number of hydrogen-bond donors (Lipinski definition) is 1. The quantitative estimate of drug-likeness (QED) is 0.100. The van der Waals surface area contributed by atoms with Gasteiger partial charge in [0.15, 0.2) is 11.6 Å². The number of rotatable bonds is 7. The van der Waals surface area contributed by atoms with Gasteiger partial charge in [-0.3, -0.25) is 14.5 Å². The van der Waals surface area contributed by atoms with Crippen LogP contribution in [0, 0.1) is 17.6 Å². The van der Waals surface area contributed by atoms with Gasteiger partial charge in [0.2, 0.25) is 5.91 Å². The molecule has 0 spiro atoms. The minimum atomic E-state index is -4.92. The van der Waals surface area contributed by atoms with Crippen molar-refractivity contribution in [2.75, 3.05) is 13.7 Å². The van der Waals surface area contributed by atoms with Crippen LogP contribution >= 0.6 is 0 Å². The molecule has 41 heavy (non-hydrogen) atoms. The van der Waals surface area contributed by atoms with Crippen molar-refractivity contribution in [2.24, 2.45) is 11.1 Å². The second kappa shape index (κ2) is 13.0. The van der Waals surface area contributed by atoms with Gasteiger partial charge in [-0.2, -0.15) is 13.2 Å². The molecule has 4 rings (SSSR count). The van der Waals surface area contributed by atoms with E-state index in [2.05, 4.69) is 5.16 Å². The summed E-state index contributed by atoms with van der Waals surface area (Å²) in [5.41, 5.74) is -2.38. The minimum absolute atomic E-state index is 0. The second-order valence-corrected chi connectivity index (χ2v) is 9.04. The van der Waals surface area contributed by atoms with Crippen LogP contribution in [0.15, 0.2) is 77.5 Å². The third kappa shape index (κ3) is 6.37. The van der Waals surface area contributed by atoms with Crippen molar-refractivity contribution in [1.82, 2.24) is 4.90 Å². The summed E-state index contributed by atoms with van der Waals surface area (Å²) >= 11 is 0. The summed E-state index contributed by atoms with van der Waals surface area (Å²) in [7, 11) is 1.21. The average molecular weight is 581 g/mol. The van der Waals surface area contributed by atoms with Gasteiger partial charge in [-0.1, -0.05) is 53.7 Å². The number of methoxy groups -OCH3 is 1. The summed E-state index contributed by atoms with van der Waals surface area (Å²) in [6, 6.07) is 14.5. The normalized spacial score (nSPS) is 16.1. The Labute approximate surface area is 254 Å². The van der Waals surface area contributed by atoms with Crippen LogP contribution < -0.4 is 4.74 Å². The molecule has 1 atom stereocenters. The SMILES string of the molecule is COc1cccc(C2=C(C)C(Cc3c(F)cccc3C(F)(F)F)C(=O)N(CC(=NO)c3ccccc3)C2=O)c1F.[Na]. The third-order valence-corrected chi connectivity index (χ3v) is 6.76. The van der Waals surface area contributed by atoms with E-state index in [4.69, 9.17) is 4.74 Å².